The molecule has 0 atom stereocenters. The Morgan fingerprint density at radius 1 is 0.900 bits per heavy atom. The van der Waals surface area contributed by atoms with Crippen LogP contribution in [0.2, 0.25) is 0 Å². The molecule has 0 aliphatic heterocycles. The van der Waals surface area contributed by atoms with Gasteiger partial charge in [0.05, 0.1) is 6.04 Å². The Hall–Kier alpha value is -1.42. The highest BCUT2D eigenvalue weighted by Crippen LogP contribution is 2.29. The van der Waals surface area contributed by atoms with Gasteiger partial charge < -0.3 is 5.32 Å². The molecule has 3 aromatic rings. The smallest absolute Gasteiger partial charge is 0.0767 e. The van der Waals surface area contributed by atoms with Gasteiger partial charge in [-0.2, -0.15) is 0 Å². The van der Waals surface area contributed by atoms with Crippen LogP contribution in [0, 0.1) is 6.92 Å². The van der Waals surface area contributed by atoms with Crippen molar-refractivity contribution in [1.82, 2.24) is 5.32 Å². The quantitative estimate of drug-likeness (QED) is 0.699. The molecule has 0 spiro atoms. The van der Waals surface area contributed by atoms with Gasteiger partial charge in [-0.3, -0.25) is 0 Å². The van der Waals surface area contributed by atoms with Gasteiger partial charge in [0.1, 0.15) is 0 Å². The highest BCUT2D eigenvalue weighted by Gasteiger charge is 2.15. The number of aryl methyl sites for hydroxylation is 1. The Morgan fingerprint density at radius 3 is 2.10 bits per heavy atom. The topological polar surface area (TPSA) is 12.0 Å². The molecule has 0 aliphatic carbocycles. The van der Waals surface area contributed by atoms with Crippen LogP contribution < -0.4 is 5.32 Å². The summed E-state index contributed by atoms with van der Waals surface area (Å²) in [4.78, 5) is 2.75. The van der Waals surface area contributed by atoms with E-state index in [-0.39, 0.29) is 0 Å². The Morgan fingerprint density at radius 2 is 1.55 bits per heavy atom. The maximum absolute atomic E-state index is 3.70. The van der Waals surface area contributed by atoms with Crippen LogP contribution in [0.25, 0.3) is 0 Å². The van der Waals surface area contributed by atoms with E-state index in [9.17, 15) is 0 Å². The molecule has 3 heteroatoms. The summed E-state index contributed by atoms with van der Waals surface area (Å²) in [6.07, 6.45) is 0. The van der Waals surface area contributed by atoms with E-state index in [4.69, 9.17) is 0 Å². The number of rotatable bonds is 5. The van der Waals surface area contributed by atoms with E-state index in [2.05, 4.69) is 71.5 Å². The molecule has 0 saturated heterocycles. The summed E-state index contributed by atoms with van der Waals surface area (Å²) in [5.74, 6) is 0. The van der Waals surface area contributed by atoms with Crippen LogP contribution in [0.5, 0.6) is 0 Å². The van der Waals surface area contributed by atoms with Crippen LogP contribution in [-0.4, -0.2) is 0 Å². The summed E-state index contributed by atoms with van der Waals surface area (Å²) in [5, 5.41) is 7.99. The first kappa shape index (κ1) is 13.6. The summed E-state index contributed by atoms with van der Waals surface area (Å²) in [6, 6.07) is 17.5. The van der Waals surface area contributed by atoms with Crippen LogP contribution in [0.4, 0.5) is 0 Å². The molecule has 2 aromatic heterocycles. The van der Waals surface area contributed by atoms with Crippen LogP contribution in [0.15, 0.2) is 59.3 Å². The first-order chi connectivity index (χ1) is 9.84. The monoisotopic (exact) mass is 299 g/mol. The second-order valence-corrected chi connectivity index (χ2v) is 6.73. The van der Waals surface area contributed by atoms with E-state index >= 15 is 0 Å². The van der Waals surface area contributed by atoms with E-state index in [0.717, 1.165) is 6.54 Å². The first-order valence-corrected chi connectivity index (χ1v) is 8.45. The summed E-state index contributed by atoms with van der Waals surface area (Å²) in [6.45, 7) is 3.06. The molecule has 1 aromatic carbocycles. The molecule has 1 nitrogen and oxygen atoms in total. The zero-order valence-corrected chi connectivity index (χ0v) is 13.0. The van der Waals surface area contributed by atoms with Gasteiger partial charge >= 0.3 is 0 Å². The summed E-state index contributed by atoms with van der Waals surface area (Å²) >= 11 is 3.63. The Bertz CT molecular complexity index is 607. The summed E-state index contributed by atoms with van der Waals surface area (Å²) < 4.78 is 0. The summed E-state index contributed by atoms with van der Waals surface area (Å²) in [7, 11) is 0. The van der Waals surface area contributed by atoms with Crippen LogP contribution >= 0.6 is 22.7 Å². The van der Waals surface area contributed by atoms with Crippen molar-refractivity contribution in [2.45, 2.75) is 19.5 Å². The minimum absolute atomic E-state index is 0.301. The molecule has 20 heavy (non-hydrogen) atoms. The molecule has 1 N–H and O–H groups in total. The lowest BCUT2D eigenvalue weighted by Crippen LogP contribution is -2.20. The van der Waals surface area contributed by atoms with Gasteiger partial charge in [0.2, 0.25) is 0 Å². The number of nitrogens with one attached hydrogen (secondary N) is 1. The van der Waals surface area contributed by atoms with Crippen molar-refractivity contribution in [2.24, 2.45) is 0 Å². The van der Waals surface area contributed by atoms with Crippen molar-refractivity contribution in [3.05, 3.63) is 80.2 Å². The standard InChI is InChI=1S/C17H17NS2/c1-13-6-2-3-7-14(13)12-18-17(15-8-4-10-19-15)16-9-5-11-20-16/h2-11,17-18H,12H2,1H3. The highest BCUT2D eigenvalue weighted by molar-refractivity contribution is 7.11. The zero-order valence-electron chi connectivity index (χ0n) is 11.4. The molecule has 0 bridgehead atoms. The van der Waals surface area contributed by atoms with Gasteiger partial charge in [0.15, 0.2) is 0 Å². The Balaban J connectivity index is 1.80. The lowest BCUT2D eigenvalue weighted by Gasteiger charge is -2.17. The first-order valence-electron chi connectivity index (χ1n) is 6.69. The molecule has 0 amide bonds. The molecule has 0 unspecified atom stereocenters. The third-order valence-electron chi connectivity index (χ3n) is 3.41. The minimum Gasteiger partial charge on any atom is -0.301 e. The van der Waals surface area contributed by atoms with E-state index in [1.54, 1.807) is 0 Å². The highest BCUT2D eigenvalue weighted by atomic mass is 32.1. The van der Waals surface area contributed by atoms with E-state index < -0.39 is 0 Å². The third kappa shape index (κ3) is 3.01. The van der Waals surface area contributed by atoms with Crippen molar-refractivity contribution in [2.75, 3.05) is 0 Å². The van der Waals surface area contributed by atoms with Crippen LogP contribution in [0.1, 0.15) is 26.9 Å². The Kier molecular flexibility index (Phi) is 4.31. The van der Waals surface area contributed by atoms with Crippen molar-refractivity contribution in [3.8, 4) is 0 Å². The fraction of sp³-hybridized carbons (Fsp3) is 0.176. The van der Waals surface area contributed by atoms with Gasteiger partial charge in [-0.1, -0.05) is 36.4 Å². The number of thiophene rings is 2. The van der Waals surface area contributed by atoms with E-state index in [1.165, 1.54) is 20.9 Å². The van der Waals surface area contributed by atoms with Gasteiger partial charge in [0.25, 0.3) is 0 Å². The molecule has 3 rings (SSSR count). The van der Waals surface area contributed by atoms with Gasteiger partial charge in [-0.25, -0.2) is 0 Å². The lowest BCUT2D eigenvalue weighted by molar-refractivity contribution is 0.620. The van der Waals surface area contributed by atoms with E-state index in [0.29, 0.717) is 6.04 Å². The fourth-order valence-electron chi connectivity index (χ4n) is 2.27. The maximum atomic E-state index is 3.70. The van der Waals surface area contributed by atoms with Crippen molar-refractivity contribution < 1.29 is 0 Å². The summed E-state index contributed by atoms with van der Waals surface area (Å²) in [5.41, 5.74) is 2.71. The predicted octanol–water partition coefficient (Wildman–Crippen LogP) is 5.00. The number of hydrogen-bond donors (Lipinski definition) is 1. The minimum atomic E-state index is 0.301. The van der Waals surface area contributed by atoms with Crippen molar-refractivity contribution >= 4 is 22.7 Å². The van der Waals surface area contributed by atoms with Crippen molar-refractivity contribution in [3.63, 3.8) is 0 Å². The van der Waals surface area contributed by atoms with Gasteiger partial charge in [-0.05, 0) is 40.9 Å². The van der Waals surface area contributed by atoms with Crippen LogP contribution in [-0.2, 0) is 6.54 Å². The van der Waals surface area contributed by atoms with Crippen LogP contribution in [0.3, 0.4) is 0 Å². The second-order valence-electron chi connectivity index (χ2n) is 4.77. The SMILES string of the molecule is Cc1ccccc1CNC(c1cccs1)c1cccs1. The molecular formula is C17H17NS2. The van der Waals surface area contributed by atoms with Gasteiger partial charge in [-0.15, -0.1) is 22.7 Å². The average Bonchev–Trinajstić information content (AvgIpc) is 3.14. The normalized spacial score (nSPS) is 11.1. The van der Waals surface area contributed by atoms with E-state index in [1.807, 2.05) is 22.7 Å². The lowest BCUT2D eigenvalue weighted by atomic mass is 10.1. The second kappa shape index (κ2) is 6.35. The fourth-order valence-corrected chi connectivity index (χ4v) is 3.98. The molecule has 102 valence electrons. The molecule has 0 saturated carbocycles. The third-order valence-corrected chi connectivity index (χ3v) is 5.29. The Labute approximate surface area is 127 Å². The predicted molar refractivity (Wildman–Crippen MR) is 88.5 cm³/mol. The zero-order chi connectivity index (χ0) is 13.8. The molecule has 0 fully saturated rings. The number of hydrogen-bond acceptors (Lipinski definition) is 3. The molecule has 2 heterocycles. The maximum Gasteiger partial charge on any atom is 0.0767 e. The average molecular weight is 299 g/mol. The number of benzene rings is 1. The van der Waals surface area contributed by atoms with Crippen molar-refractivity contribution in [1.29, 1.82) is 0 Å². The van der Waals surface area contributed by atoms with Gasteiger partial charge in [0, 0.05) is 16.3 Å². The molecular weight excluding hydrogens is 282 g/mol. The molecule has 0 aliphatic rings. The largest absolute Gasteiger partial charge is 0.301 e. The molecule has 0 radical (unpaired) electrons.